The van der Waals surface area contributed by atoms with Crippen LogP contribution in [0.25, 0.3) is 0 Å². The summed E-state index contributed by atoms with van der Waals surface area (Å²) in [6.45, 7) is 1.92. The average Bonchev–Trinajstić information content (AvgIpc) is 2.39. The third kappa shape index (κ3) is 2.26. The predicted octanol–water partition coefficient (Wildman–Crippen LogP) is 3.03. The van der Waals surface area contributed by atoms with Gasteiger partial charge in [-0.15, -0.1) is 0 Å². The highest BCUT2D eigenvalue weighted by Gasteiger charge is 2.10. The Morgan fingerprint density at radius 3 is 2.47 bits per heavy atom. The minimum Gasteiger partial charge on any atom is -0.328 e. The Morgan fingerprint density at radius 1 is 1.12 bits per heavy atom. The molecule has 0 amide bonds. The van der Waals surface area contributed by atoms with Crippen LogP contribution in [0.4, 0.5) is 11.5 Å². The normalized spacial score (nSPS) is 9.71. The molecule has 0 spiro atoms. The summed E-state index contributed by atoms with van der Waals surface area (Å²) in [4.78, 5) is 6.35. The summed E-state index contributed by atoms with van der Waals surface area (Å²) < 4.78 is 0. The van der Waals surface area contributed by atoms with Gasteiger partial charge in [-0.2, -0.15) is 5.26 Å². The highest BCUT2D eigenvalue weighted by Crippen LogP contribution is 2.24. The zero-order valence-corrected chi connectivity index (χ0v) is 9.88. The number of aryl methyl sites for hydroxylation is 1. The summed E-state index contributed by atoms with van der Waals surface area (Å²) in [7, 11) is 1.91. The van der Waals surface area contributed by atoms with Crippen molar-refractivity contribution < 1.29 is 0 Å². The summed E-state index contributed by atoms with van der Waals surface area (Å²) in [6.07, 6.45) is 0. The van der Waals surface area contributed by atoms with Crippen LogP contribution in [0.3, 0.4) is 0 Å². The molecular weight excluding hydrogens is 210 g/mol. The first-order chi connectivity index (χ1) is 8.22. The van der Waals surface area contributed by atoms with E-state index in [0.717, 1.165) is 11.4 Å². The minimum absolute atomic E-state index is 0.585. The largest absolute Gasteiger partial charge is 0.328 e. The number of nitriles is 1. The zero-order valence-electron chi connectivity index (χ0n) is 9.88. The lowest BCUT2D eigenvalue weighted by molar-refractivity contribution is 1.08. The number of pyridine rings is 1. The molecule has 0 bridgehead atoms. The van der Waals surface area contributed by atoms with Gasteiger partial charge in [0.15, 0.2) is 5.82 Å². The molecule has 1 aromatic heterocycles. The van der Waals surface area contributed by atoms with Crippen LogP contribution in [0, 0.1) is 18.3 Å². The van der Waals surface area contributed by atoms with E-state index in [4.69, 9.17) is 5.26 Å². The number of para-hydroxylation sites is 1. The number of nitrogens with zero attached hydrogens (tertiary/aromatic N) is 3. The maximum Gasteiger partial charge on any atom is 0.150 e. The Labute approximate surface area is 101 Å². The molecule has 3 nitrogen and oxygen atoms in total. The molecule has 1 aromatic carbocycles. The molecule has 0 saturated heterocycles. The van der Waals surface area contributed by atoms with Crippen molar-refractivity contribution in [2.24, 2.45) is 0 Å². The van der Waals surface area contributed by atoms with Crippen molar-refractivity contribution in [2.45, 2.75) is 6.92 Å². The van der Waals surface area contributed by atoms with Crippen LogP contribution < -0.4 is 4.90 Å². The topological polar surface area (TPSA) is 39.9 Å². The molecule has 0 atom stereocenters. The van der Waals surface area contributed by atoms with Gasteiger partial charge >= 0.3 is 0 Å². The molecule has 1 heterocycles. The molecule has 2 aromatic rings. The van der Waals surface area contributed by atoms with Crippen LogP contribution in [0.15, 0.2) is 42.5 Å². The molecule has 0 unspecified atom stereocenters. The van der Waals surface area contributed by atoms with E-state index in [1.54, 1.807) is 6.07 Å². The monoisotopic (exact) mass is 223 g/mol. The maximum absolute atomic E-state index is 9.09. The fraction of sp³-hybridized carbons (Fsp3) is 0.143. The summed E-state index contributed by atoms with van der Waals surface area (Å²) in [6, 6.07) is 15.7. The number of hydrogen-bond acceptors (Lipinski definition) is 3. The molecule has 0 aliphatic heterocycles. The summed E-state index contributed by atoms with van der Waals surface area (Å²) in [5.41, 5.74) is 2.51. The smallest absolute Gasteiger partial charge is 0.150 e. The lowest BCUT2D eigenvalue weighted by Crippen LogP contribution is -2.13. The predicted molar refractivity (Wildman–Crippen MR) is 68.2 cm³/mol. The Kier molecular flexibility index (Phi) is 3.06. The highest BCUT2D eigenvalue weighted by molar-refractivity contribution is 5.65. The van der Waals surface area contributed by atoms with Crippen molar-refractivity contribution in [1.82, 2.24) is 4.98 Å². The SMILES string of the molecule is Cc1ccc(C#N)c(N(C)c2ccccc2)n1. The van der Waals surface area contributed by atoms with Crippen LogP contribution in [0.2, 0.25) is 0 Å². The molecule has 0 fully saturated rings. The number of aromatic nitrogens is 1. The standard InChI is InChI=1S/C14H13N3/c1-11-8-9-12(10-15)14(16-11)17(2)13-6-4-3-5-7-13/h3-9H,1-2H3. The first-order valence-corrected chi connectivity index (χ1v) is 5.39. The van der Waals surface area contributed by atoms with Crippen molar-refractivity contribution in [2.75, 3.05) is 11.9 Å². The third-order valence-corrected chi connectivity index (χ3v) is 2.60. The second kappa shape index (κ2) is 4.67. The van der Waals surface area contributed by atoms with Gasteiger partial charge in [0, 0.05) is 18.4 Å². The maximum atomic E-state index is 9.09. The van der Waals surface area contributed by atoms with Gasteiger partial charge in [-0.1, -0.05) is 18.2 Å². The Balaban J connectivity index is 2.47. The van der Waals surface area contributed by atoms with Crippen LogP contribution in [-0.4, -0.2) is 12.0 Å². The molecular formula is C14H13N3. The Morgan fingerprint density at radius 2 is 1.82 bits per heavy atom. The summed E-state index contributed by atoms with van der Waals surface area (Å²) in [5.74, 6) is 0.693. The Bertz CT molecular complexity index is 555. The van der Waals surface area contributed by atoms with Gasteiger partial charge in [0.25, 0.3) is 0 Å². The van der Waals surface area contributed by atoms with Gasteiger partial charge in [-0.25, -0.2) is 4.98 Å². The quantitative estimate of drug-likeness (QED) is 0.785. The van der Waals surface area contributed by atoms with Crippen LogP contribution in [-0.2, 0) is 0 Å². The lowest BCUT2D eigenvalue weighted by Gasteiger charge is -2.19. The van der Waals surface area contributed by atoms with Crippen molar-refractivity contribution in [3.63, 3.8) is 0 Å². The van der Waals surface area contributed by atoms with Gasteiger partial charge in [-0.3, -0.25) is 0 Å². The fourth-order valence-electron chi connectivity index (χ4n) is 1.66. The number of rotatable bonds is 2. The van der Waals surface area contributed by atoms with Gasteiger partial charge in [0.2, 0.25) is 0 Å². The fourth-order valence-corrected chi connectivity index (χ4v) is 1.66. The van der Waals surface area contributed by atoms with E-state index in [2.05, 4.69) is 11.1 Å². The van der Waals surface area contributed by atoms with E-state index in [0.29, 0.717) is 11.4 Å². The van der Waals surface area contributed by atoms with E-state index < -0.39 is 0 Å². The van der Waals surface area contributed by atoms with Gasteiger partial charge in [0.1, 0.15) is 6.07 Å². The zero-order chi connectivity index (χ0) is 12.3. The first-order valence-electron chi connectivity index (χ1n) is 5.39. The number of hydrogen-bond donors (Lipinski definition) is 0. The molecule has 2 rings (SSSR count). The van der Waals surface area contributed by atoms with E-state index in [-0.39, 0.29) is 0 Å². The van der Waals surface area contributed by atoms with Gasteiger partial charge in [0.05, 0.1) is 5.56 Å². The molecule has 17 heavy (non-hydrogen) atoms. The van der Waals surface area contributed by atoms with Crippen LogP contribution in [0.1, 0.15) is 11.3 Å². The Hall–Kier alpha value is -2.34. The molecule has 84 valence electrons. The average molecular weight is 223 g/mol. The van der Waals surface area contributed by atoms with Crippen molar-refractivity contribution in [3.05, 3.63) is 53.7 Å². The summed E-state index contributed by atoms with van der Waals surface area (Å²) >= 11 is 0. The van der Waals surface area contributed by atoms with Gasteiger partial charge < -0.3 is 4.90 Å². The minimum atomic E-state index is 0.585. The first kappa shape index (κ1) is 11.2. The van der Waals surface area contributed by atoms with Crippen LogP contribution >= 0.6 is 0 Å². The van der Waals surface area contributed by atoms with Crippen molar-refractivity contribution >= 4 is 11.5 Å². The third-order valence-electron chi connectivity index (χ3n) is 2.60. The highest BCUT2D eigenvalue weighted by atomic mass is 15.2. The van der Waals surface area contributed by atoms with E-state index in [1.165, 1.54) is 0 Å². The molecule has 0 saturated carbocycles. The molecule has 0 aliphatic carbocycles. The lowest BCUT2D eigenvalue weighted by atomic mass is 10.2. The van der Waals surface area contributed by atoms with Gasteiger partial charge in [-0.05, 0) is 31.2 Å². The molecule has 3 heteroatoms. The van der Waals surface area contributed by atoms with E-state index in [1.807, 2.05) is 55.3 Å². The second-order valence-electron chi connectivity index (χ2n) is 3.83. The molecule has 0 N–H and O–H groups in total. The summed E-state index contributed by atoms with van der Waals surface area (Å²) in [5, 5.41) is 9.09. The second-order valence-corrected chi connectivity index (χ2v) is 3.83. The number of benzene rings is 1. The van der Waals surface area contributed by atoms with E-state index >= 15 is 0 Å². The van der Waals surface area contributed by atoms with Crippen LogP contribution in [0.5, 0.6) is 0 Å². The number of anilines is 2. The molecule has 0 radical (unpaired) electrons. The van der Waals surface area contributed by atoms with Crippen molar-refractivity contribution in [1.29, 1.82) is 5.26 Å². The molecule has 0 aliphatic rings. The van der Waals surface area contributed by atoms with E-state index in [9.17, 15) is 0 Å². The van der Waals surface area contributed by atoms with Crippen molar-refractivity contribution in [3.8, 4) is 6.07 Å².